The highest BCUT2D eigenvalue weighted by Crippen LogP contribution is 2.22. The average Bonchev–Trinajstić information content (AvgIpc) is 2.68. The largest absolute Gasteiger partial charge is 0.453 e. The van der Waals surface area contributed by atoms with Crippen molar-refractivity contribution in [2.75, 3.05) is 24.5 Å². The van der Waals surface area contributed by atoms with Crippen LogP contribution < -0.4 is 15.6 Å². The molecule has 26 heavy (non-hydrogen) atoms. The van der Waals surface area contributed by atoms with Crippen LogP contribution in [0.3, 0.4) is 0 Å². The van der Waals surface area contributed by atoms with Gasteiger partial charge < -0.3 is 14.6 Å². The summed E-state index contributed by atoms with van der Waals surface area (Å²) >= 11 is 0. The number of hydrogen-bond acceptors (Lipinski definition) is 5. The molecule has 2 heterocycles. The number of rotatable bonds is 3. The molecule has 1 saturated heterocycles. The van der Waals surface area contributed by atoms with Gasteiger partial charge in [-0.15, -0.1) is 0 Å². The molecule has 1 unspecified atom stereocenters. The fourth-order valence-corrected chi connectivity index (χ4v) is 3.27. The number of nitrogens with one attached hydrogen (secondary N) is 1. The number of fused-ring (bicyclic) bond motifs is 1. The minimum Gasteiger partial charge on any atom is -0.453 e. The third kappa shape index (κ3) is 2.99. The van der Waals surface area contributed by atoms with Crippen molar-refractivity contribution >= 4 is 22.4 Å². The maximum atomic E-state index is 13.2. The van der Waals surface area contributed by atoms with Crippen LogP contribution in [0, 0.1) is 5.82 Å². The monoisotopic (exact) mass is 352 g/mol. The van der Waals surface area contributed by atoms with E-state index in [1.807, 2.05) is 4.90 Å². The van der Waals surface area contributed by atoms with Crippen LogP contribution in [0.25, 0.3) is 11.0 Å². The summed E-state index contributed by atoms with van der Waals surface area (Å²) in [4.78, 5) is 27.3. The molecule has 0 saturated carbocycles. The zero-order valence-electron chi connectivity index (χ0n) is 13.9. The fourth-order valence-electron chi connectivity index (χ4n) is 3.27. The summed E-state index contributed by atoms with van der Waals surface area (Å²) in [7, 11) is 0. The number of halogens is 1. The average molecular weight is 352 g/mol. The lowest BCUT2D eigenvalue weighted by atomic mass is 10.0. The Morgan fingerprint density at radius 2 is 1.92 bits per heavy atom. The number of piperazine rings is 1. The molecule has 0 amide bonds. The normalized spacial score (nSPS) is 17.4. The number of carbonyl (C=O) groups excluding carboxylic acids is 1. The molecule has 1 aromatic heterocycles. The van der Waals surface area contributed by atoms with Gasteiger partial charge in [0, 0.05) is 31.4 Å². The number of anilines is 1. The minimum absolute atomic E-state index is 0.0366. The first kappa shape index (κ1) is 16.5. The van der Waals surface area contributed by atoms with Crippen LogP contribution in [-0.4, -0.2) is 31.5 Å². The van der Waals surface area contributed by atoms with Gasteiger partial charge in [0.15, 0.2) is 11.2 Å². The predicted octanol–water partition coefficient (Wildman–Crippen LogP) is 2.59. The van der Waals surface area contributed by atoms with E-state index in [0.717, 1.165) is 5.69 Å². The summed E-state index contributed by atoms with van der Waals surface area (Å²) < 4.78 is 18.9. The molecule has 0 bridgehead atoms. The summed E-state index contributed by atoms with van der Waals surface area (Å²) in [5.74, 6) is -0.564. The molecule has 3 aromatic rings. The van der Waals surface area contributed by atoms with Gasteiger partial charge in [-0.3, -0.25) is 9.59 Å². The first-order valence-electron chi connectivity index (χ1n) is 8.43. The standard InChI is InChI=1S/C20H17FN2O3/c21-13-5-7-14(8-6-13)23-10-9-22-12-16(23)20(25)19-11-17(24)15-3-1-2-4-18(15)26-19/h1-8,11,16,22H,9-10,12H2. The number of carbonyl (C=O) groups is 1. The third-order valence-electron chi connectivity index (χ3n) is 4.58. The summed E-state index contributed by atoms with van der Waals surface area (Å²) in [6.07, 6.45) is 0. The molecule has 0 spiro atoms. The number of nitrogens with zero attached hydrogens (tertiary/aromatic N) is 1. The van der Waals surface area contributed by atoms with Crippen molar-refractivity contribution in [2.45, 2.75) is 6.04 Å². The highest BCUT2D eigenvalue weighted by molar-refractivity contribution is 6.01. The van der Waals surface area contributed by atoms with Gasteiger partial charge in [-0.05, 0) is 36.4 Å². The molecule has 132 valence electrons. The van der Waals surface area contributed by atoms with Crippen molar-refractivity contribution < 1.29 is 13.6 Å². The van der Waals surface area contributed by atoms with E-state index >= 15 is 0 Å². The highest BCUT2D eigenvalue weighted by Gasteiger charge is 2.31. The summed E-state index contributed by atoms with van der Waals surface area (Å²) in [6.45, 7) is 1.73. The van der Waals surface area contributed by atoms with E-state index in [0.29, 0.717) is 30.6 Å². The molecular weight excluding hydrogens is 335 g/mol. The van der Waals surface area contributed by atoms with E-state index in [1.54, 1.807) is 36.4 Å². The number of Topliss-reactive ketones (excluding diaryl/α,β-unsaturated/α-hetero) is 1. The smallest absolute Gasteiger partial charge is 0.221 e. The Morgan fingerprint density at radius 1 is 1.15 bits per heavy atom. The molecule has 0 radical (unpaired) electrons. The van der Waals surface area contributed by atoms with Crippen LogP contribution in [0.4, 0.5) is 10.1 Å². The van der Waals surface area contributed by atoms with E-state index in [4.69, 9.17) is 4.42 Å². The molecule has 5 nitrogen and oxygen atoms in total. The van der Waals surface area contributed by atoms with Crippen LogP contribution in [-0.2, 0) is 0 Å². The predicted molar refractivity (Wildman–Crippen MR) is 97.2 cm³/mol. The van der Waals surface area contributed by atoms with Crippen molar-refractivity contribution in [1.82, 2.24) is 5.32 Å². The van der Waals surface area contributed by atoms with Crippen LogP contribution in [0.2, 0.25) is 0 Å². The Labute approximate surface area is 149 Å². The maximum Gasteiger partial charge on any atom is 0.221 e. The number of hydrogen-bond donors (Lipinski definition) is 1. The molecule has 0 aliphatic carbocycles. The number of para-hydroxylation sites is 1. The second kappa shape index (κ2) is 6.72. The molecule has 6 heteroatoms. The van der Waals surface area contributed by atoms with Crippen LogP contribution in [0.1, 0.15) is 10.6 Å². The van der Waals surface area contributed by atoms with Crippen molar-refractivity contribution in [3.63, 3.8) is 0 Å². The maximum absolute atomic E-state index is 13.2. The van der Waals surface area contributed by atoms with E-state index in [1.165, 1.54) is 18.2 Å². The summed E-state index contributed by atoms with van der Waals surface area (Å²) in [5, 5.41) is 3.64. The van der Waals surface area contributed by atoms with Crippen LogP contribution in [0.15, 0.2) is 63.8 Å². The first-order chi connectivity index (χ1) is 12.6. The molecule has 1 aliphatic heterocycles. The number of ketones is 1. The van der Waals surface area contributed by atoms with E-state index < -0.39 is 6.04 Å². The third-order valence-corrected chi connectivity index (χ3v) is 4.58. The molecule has 1 fully saturated rings. The second-order valence-corrected chi connectivity index (χ2v) is 6.23. The van der Waals surface area contributed by atoms with Crippen LogP contribution >= 0.6 is 0 Å². The number of benzene rings is 2. The zero-order chi connectivity index (χ0) is 18.1. The lowest BCUT2D eigenvalue weighted by Gasteiger charge is -2.36. The lowest BCUT2D eigenvalue weighted by molar-refractivity contribution is 0.0924. The fraction of sp³-hybridized carbons (Fsp3) is 0.200. The first-order valence-corrected chi connectivity index (χ1v) is 8.43. The van der Waals surface area contributed by atoms with E-state index in [9.17, 15) is 14.0 Å². The molecular formula is C20H17FN2O3. The second-order valence-electron chi connectivity index (χ2n) is 6.23. The molecule has 1 N–H and O–H groups in total. The van der Waals surface area contributed by atoms with Gasteiger partial charge >= 0.3 is 0 Å². The van der Waals surface area contributed by atoms with Crippen molar-refractivity contribution in [3.8, 4) is 0 Å². The Kier molecular flexibility index (Phi) is 4.26. The van der Waals surface area contributed by atoms with Gasteiger partial charge in [0.05, 0.1) is 5.39 Å². The Morgan fingerprint density at radius 3 is 2.73 bits per heavy atom. The van der Waals surface area contributed by atoms with Crippen molar-refractivity contribution in [1.29, 1.82) is 0 Å². The van der Waals surface area contributed by atoms with Gasteiger partial charge in [-0.25, -0.2) is 4.39 Å². The highest BCUT2D eigenvalue weighted by atomic mass is 19.1. The summed E-state index contributed by atoms with van der Waals surface area (Å²) in [5.41, 5.74) is 0.905. The molecule has 2 aromatic carbocycles. The van der Waals surface area contributed by atoms with E-state index in [-0.39, 0.29) is 22.8 Å². The SMILES string of the molecule is O=C(c1cc(=O)c2ccccc2o1)C1CNCCN1c1ccc(F)cc1. The van der Waals surface area contributed by atoms with Crippen molar-refractivity contribution in [2.24, 2.45) is 0 Å². The molecule has 1 atom stereocenters. The van der Waals surface area contributed by atoms with Gasteiger partial charge in [0.1, 0.15) is 17.4 Å². The van der Waals surface area contributed by atoms with Gasteiger partial charge in [-0.1, -0.05) is 12.1 Å². The molecule has 4 rings (SSSR count). The Bertz CT molecular complexity index is 1010. The van der Waals surface area contributed by atoms with E-state index in [2.05, 4.69) is 5.32 Å². The minimum atomic E-state index is -0.529. The quantitative estimate of drug-likeness (QED) is 0.734. The van der Waals surface area contributed by atoms with Crippen molar-refractivity contribution in [3.05, 3.63) is 76.4 Å². The van der Waals surface area contributed by atoms with Gasteiger partial charge in [-0.2, -0.15) is 0 Å². The van der Waals surface area contributed by atoms with Gasteiger partial charge in [0.25, 0.3) is 0 Å². The van der Waals surface area contributed by atoms with Crippen LogP contribution in [0.5, 0.6) is 0 Å². The Hall–Kier alpha value is -2.99. The zero-order valence-corrected chi connectivity index (χ0v) is 13.9. The van der Waals surface area contributed by atoms with Gasteiger partial charge in [0.2, 0.25) is 5.78 Å². The molecule has 1 aliphatic rings. The topological polar surface area (TPSA) is 62.6 Å². The summed E-state index contributed by atoms with van der Waals surface area (Å²) in [6, 6.07) is 13.6. The lowest BCUT2D eigenvalue weighted by Crippen LogP contribution is -2.55. The Balaban J connectivity index is 1.71.